The van der Waals surface area contributed by atoms with Gasteiger partial charge in [-0.15, -0.1) is 0 Å². The highest BCUT2D eigenvalue weighted by molar-refractivity contribution is 6.01. The Bertz CT molecular complexity index is 1150. The van der Waals surface area contributed by atoms with Crippen LogP contribution in [0.15, 0.2) is 121 Å². The molecule has 0 unspecified atom stereocenters. The van der Waals surface area contributed by atoms with Gasteiger partial charge in [0.1, 0.15) is 0 Å². The Hall–Kier alpha value is -3.84. The van der Waals surface area contributed by atoms with Gasteiger partial charge in [0.2, 0.25) is 0 Å². The summed E-state index contributed by atoms with van der Waals surface area (Å²) < 4.78 is 2.36. The second-order valence-electron chi connectivity index (χ2n) is 7.47. The fraction of sp³-hybridized carbons (Fsp3) is 0.0345. The van der Waals surface area contributed by atoms with E-state index in [1.54, 1.807) is 0 Å². The maximum atomic E-state index is 2.36. The van der Waals surface area contributed by atoms with Crippen molar-refractivity contribution >= 4 is 0 Å². The number of hydrogen-bond donors (Lipinski definition) is 0. The number of nitrogens with zero attached hydrogens (tertiary/aromatic N) is 1. The molecule has 1 aromatic heterocycles. The summed E-state index contributed by atoms with van der Waals surface area (Å²) in [6.07, 6.45) is 0. The predicted octanol–water partition coefficient (Wildman–Crippen LogP) is 7.69. The molecule has 0 saturated heterocycles. The van der Waals surface area contributed by atoms with Crippen LogP contribution in [-0.4, -0.2) is 4.57 Å². The van der Waals surface area contributed by atoms with Crippen molar-refractivity contribution in [3.05, 3.63) is 121 Å². The topological polar surface area (TPSA) is 4.93 Å². The van der Waals surface area contributed by atoms with Crippen LogP contribution in [0.5, 0.6) is 0 Å². The Labute approximate surface area is 177 Å². The maximum absolute atomic E-state index is 2.36. The van der Waals surface area contributed by atoms with Gasteiger partial charge in [-0.05, 0) is 22.3 Å². The largest absolute Gasteiger partial charge is 0.343 e. The van der Waals surface area contributed by atoms with E-state index < -0.39 is 0 Å². The molecule has 0 radical (unpaired) electrons. The van der Waals surface area contributed by atoms with Crippen molar-refractivity contribution in [1.29, 1.82) is 0 Å². The predicted molar refractivity (Wildman–Crippen MR) is 127 cm³/mol. The zero-order chi connectivity index (χ0) is 20.3. The van der Waals surface area contributed by atoms with E-state index in [0.29, 0.717) is 0 Å². The second-order valence-corrected chi connectivity index (χ2v) is 7.47. The van der Waals surface area contributed by atoms with E-state index in [0.717, 1.165) is 0 Å². The van der Waals surface area contributed by atoms with Crippen LogP contribution >= 0.6 is 0 Å². The van der Waals surface area contributed by atoms with Crippen molar-refractivity contribution in [2.75, 3.05) is 0 Å². The van der Waals surface area contributed by atoms with E-state index in [1.165, 1.54) is 44.8 Å². The molecule has 0 fully saturated rings. The van der Waals surface area contributed by atoms with Gasteiger partial charge in [-0.2, -0.15) is 0 Å². The van der Waals surface area contributed by atoms with Crippen molar-refractivity contribution in [3.63, 3.8) is 0 Å². The fourth-order valence-electron chi connectivity index (χ4n) is 4.32. The Morgan fingerprint density at radius 2 is 0.633 bits per heavy atom. The van der Waals surface area contributed by atoms with Crippen LogP contribution in [0.3, 0.4) is 0 Å². The molecule has 30 heavy (non-hydrogen) atoms. The quantitative estimate of drug-likeness (QED) is 0.299. The highest BCUT2D eigenvalue weighted by atomic mass is 15.0. The number of hydrogen-bond acceptors (Lipinski definition) is 0. The summed E-state index contributed by atoms with van der Waals surface area (Å²) >= 11 is 0. The van der Waals surface area contributed by atoms with Crippen LogP contribution in [0, 0.1) is 0 Å². The Balaban J connectivity index is 1.95. The minimum atomic E-state index is 1.22. The van der Waals surface area contributed by atoms with Crippen LogP contribution in [0.2, 0.25) is 0 Å². The molecule has 0 amide bonds. The smallest absolute Gasteiger partial charge is 0.0568 e. The van der Waals surface area contributed by atoms with Gasteiger partial charge in [0.15, 0.2) is 0 Å². The van der Waals surface area contributed by atoms with Gasteiger partial charge < -0.3 is 4.57 Å². The Morgan fingerprint density at radius 1 is 0.367 bits per heavy atom. The Morgan fingerprint density at radius 3 is 0.933 bits per heavy atom. The van der Waals surface area contributed by atoms with Crippen LogP contribution in [0.1, 0.15) is 0 Å². The third-order valence-electron chi connectivity index (χ3n) is 5.61. The molecule has 0 aliphatic rings. The van der Waals surface area contributed by atoms with Crippen molar-refractivity contribution in [3.8, 4) is 44.8 Å². The highest BCUT2D eigenvalue weighted by Gasteiger charge is 2.24. The van der Waals surface area contributed by atoms with Crippen molar-refractivity contribution in [2.45, 2.75) is 0 Å². The standard InChI is InChI=1S/C29H23N/c1-30-28(24-18-10-4-11-19-24)26(22-14-6-2-7-15-22)27(23-16-8-3-9-17-23)29(30)25-20-12-5-13-21-25/h2-21H,1H3. The monoisotopic (exact) mass is 385 g/mol. The minimum absolute atomic E-state index is 1.22. The minimum Gasteiger partial charge on any atom is -0.343 e. The van der Waals surface area contributed by atoms with Crippen LogP contribution in [0.4, 0.5) is 0 Å². The van der Waals surface area contributed by atoms with Crippen molar-refractivity contribution in [2.24, 2.45) is 7.05 Å². The first-order valence-electron chi connectivity index (χ1n) is 10.3. The molecule has 0 saturated carbocycles. The van der Waals surface area contributed by atoms with Crippen molar-refractivity contribution < 1.29 is 0 Å². The van der Waals surface area contributed by atoms with Crippen molar-refractivity contribution in [1.82, 2.24) is 4.57 Å². The molecule has 144 valence electrons. The first-order valence-corrected chi connectivity index (χ1v) is 10.3. The summed E-state index contributed by atoms with van der Waals surface area (Å²) in [5.41, 5.74) is 9.92. The van der Waals surface area contributed by atoms with E-state index in [2.05, 4.69) is 133 Å². The zero-order valence-corrected chi connectivity index (χ0v) is 17.0. The fourth-order valence-corrected chi connectivity index (χ4v) is 4.32. The summed E-state index contributed by atoms with van der Waals surface area (Å²) in [4.78, 5) is 0. The lowest BCUT2D eigenvalue weighted by atomic mass is 9.91. The van der Waals surface area contributed by atoms with Gasteiger partial charge in [-0.25, -0.2) is 0 Å². The third-order valence-corrected chi connectivity index (χ3v) is 5.61. The molecule has 0 aliphatic heterocycles. The van der Waals surface area contributed by atoms with Gasteiger partial charge in [0.05, 0.1) is 11.4 Å². The SMILES string of the molecule is Cn1c(-c2ccccc2)c(-c2ccccc2)c(-c2ccccc2)c1-c1ccccc1. The highest BCUT2D eigenvalue weighted by Crippen LogP contribution is 2.47. The van der Waals surface area contributed by atoms with Crippen LogP contribution < -0.4 is 0 Å². The molecular weight excluding hydrogens is 362 g/mol. The number of aromatic nitrogens is 1. The van der Waals surface area contributed by atoms with Gasteiger partial charge in [-0.1, -0.05) is 121 Å². The normalized spacial score (nSPS) is 10.8. The maximum Gasteiger partial charge on any atom is 0.0568 e. The average Bonchev–Trinajstić information content (AvgIpc) is 3.14. The lowest BCUT2D eigenvalue weighted by molar-refractivity contribution is 0.947. The molecule has 4 aromatic carbocycles. The van der Waals surface area contributed by atoms with Crippen LogP contribution in [-0.2, 0) is 7.05 Å². The molecular formula is C29H23N. The molecule has 0 atom stereocenters. The summed E-state index contributed by atoms with van der Waals surface area (Å²) in [7, 11) is 2.18. The lowest BCUT2D eigenvalue weighted by Gasteiger charge is -2.10. The van der Waals surface area contributed by atoms with E-state index in [4.69, 9.17) is 0 Å². The summed E-state index contributed by atoms with van der Waals surface area (Å²) in [5.74, 6) is 0. The van der Waals surface area contributed by atoms with Gasteiger partial charge in [0, 0.05) is 18.2 Å². The molecule has 5 rings (SSSR count). The molecule has 1 nitrogen and oxygen atoms in total. The second kappa shape index (κ2) is 7.88. The summed E-state index contributed by atoms with van der Waals surface area (Å²) in [5, 5.41) is 0. The van der Waals surface area contributed by atoms with E-state index >= 15 is 0 Å². The van der Waals surface area contributed by atoms with E-state index in [-0.39, 0.29) is 0 Å². The van der Waals surface area contributed by atoms with Gasteiger partial charge in [0.25, 0.3) is 0 Å². The zero-order valence-electron chi connectivity index (χ0n) is 17.0. The molecule has 5 aromatic rings. The molecule has 0 aliphatic carbocycles. The number of benzene rings is 4. The van der Waals surface area contributed by atoms with Crippen LogP contribution in [0.25, 0.3) is 44.8 Å². The summed E-state index contributed by atoms with van der Waals surface area (Å²) in [6.45, 7) is 0. The molecule has 1 heteroatoms. The molecule has 1 heterocycles. The Kier molecular flexibility index (Phi) is 4.78. The first-order chi connectivity index (χ1) is 14.8. The molecule has 0 bridgehead atoms. The van der Waals surface area contributed by atoms with E-state index in [9.17, 15) is 0 Å². The van der Waals surface area contributed by atoms with Gasteiger partial charge in [-0.3, -0.25) is 0 Å². The lowest BCUT2D eigenvalue weighted by Crippen LogP contribution is -1.95. The number of rotatable bonds is 4. The van der Waals surface area contributed by atoms with E-state index in [1.807, 2.05) is 0 Å². The molecule has 0 N–H and O–H groups in total. The summed E-state index contributed by atoms with van der Waals surface area (Å²) in [6, 6.07) is 42.9. The average molecular weight is 386 g/mol. The third kappa shape index (κ3) is 3.15. The molecule has 0 spiro atoms. The van der Waals surface area contributed by atoms with Gasteiger partial charge >= 0.3 is 0 Å². The first kappa shape index (κ1) is 18.2.